The molecule has 0 atom stereocenters. The van der Waals surface area contributed by atoms with Gasteiger partial charge in [0.25, 0.3) is 0 Å². The Bertz CT molecular complexity index is 1250. The summed E-state index contributed by atoms with van der Waals surface area (Å²) in [6, 6.07) is 15.5. The molecule has 3 heterocycles. The first kappa shape index (κ1) is 20.2. The molecular weight excluding hydrogens is 431 g/mol. The highest BCUT2D eigenvalue weighted by atomic mass is 35.5. The molecule has 0 spiro atoms. The van der Waals surface area contributed by atoms with E-state index in [0.717, 1.165) is 34.7 Å². The maximum Gasteiger partial charge on any atom is 0.225 e. The molecule has 1 saturated heterocycles. The van der Waals surface area contributed by atoms with Crippen molar-refractivity contribution < 1.29 is 4.39 Å². The molecule has 0 N–H and O–H groups in total. The Balaban J connectivity index is 1.53. The van der Waals surface area contributed by atoms with E-state index in [4.69, 9.17) is 11.6 Å². The fraction of sp³-hybridized carbons (Fsp3) is 0.250. The summed E-state index contributed by atoms with van der Waals surface area (Å²) in [5.41, 5.74) is 4.21. The number of aromatic nitrogens is 2. The number of nitrogens with zero attached hydrogens (tertiary/aromatic N) is 4. The molecule has 0 aliphatic carbocycles. The number of anilines is 2. The van der Waals surface area contributed by atoms with Gasteiger partial charge in [0, 0.05) is 36.6 Å². The average molecular weight is 453 g/mol. The molecule has 1 aliphatic heterocycles. The van der Waals surface area contributed by atoms with E-state index < -0.39 is 0 Å². The molecule has 1 fully saturated rings. The smallest absolute Gasteiger partial charge is 0.225 e. The maximum atomic E-state index is 14.2. The number of hydrogen-bond donors (Lipinski definition) is 0. The third-order valence-corrected chi connectivity index (χ3v) is 6.96. The molecule has 2 aromatic heterocycles. The van der Waals surface area contributed by atoms with Gasteiger partial charge in [-0.2, -0.15) is 4.98 Å². The van der Waals surface area contributed by atoms with Gasteiger partial charge < -0.3 is 9.80 Å². The highest BCUT2D eigenvalue weighted by Gasteiger charge is 2.25. The Labute approximate surface area is 189 Å². The van der Waals surface area contributed by atoms with Crippen LogP contribution in [0.1, 0.15) is 10.4 Å². The molecule has 0 unspecified atom stereocenters. The molecule has 5 rings (SSSR count). The second-order valence-electron chi connectivity index (χ2n) is 7.82. The molecule has 0 radical (unpaired) electrons. The van der Waals surface area contributed by atoms with E-state index >= 15 is 0 Å². The van der Waals surface area contributed by atoms with Crippen molar-refractivity contribution in [3.8, 4) is 11.1 Å². The van der Waals surface area contributed by atoms with Crippen LogP contribution in [0, 0.1) is 19.7 Å². The zero-order valence-corrected chi connectivity index (χ0v) is 19.0. The molecule has 4 aromatic rings. The molecule has 1 aliphatic rings. The van der Waals surface area contributed by atoms with Gasteiger partial charge in [-0.15, -0.1) is 11.3 Å². The highest BCUT2D eigenvalue weighted by Crippen LogP contribution is 2.42. The summed E-state index contributed by atoms with van der Waals surface area (Å²) in [7, 11) is 0. The van der Waals surface area contributed by atoms with Gasteiger partial charge >= 0.3 is 0 Å². The number of aryl methyl sites for hydroxylation is 2. The Morgan fingerprint density at radius 2 is 1.58 bits per heavy atom. The first-order valence-corrected chi connectivity index (χ1v) is 11.5. The number of fused-ring (bicyclic) bond motifs is 1. The second kappa shape index (κ2) is 8.09. The summed E-state index contributed by atoms with van der Waals surface area (Å²) in [5.74, 6) is 0.682. The van der Waals surface area contributed by atoms with Crippen molar-refractivity contribution in [2.45, 2.75) is 13.8 Å². The van der Waals surface area contributed by atoms with E-state index in [2.05, 4.69) is 57.9 Å². The van der Waals surface area contributed by atoms with Crippen LogP contribution in [0.3, 0.4) is 0 Å². The Morgan fingerprint density at radius 3 is 2.29 bits per heavy atom. The number of halogens is 2. The summed E-state index contributed by atoms with van der Waals surface area (Å²) in [6.45, 7) is 7.11. The fourth-order valence-corrected chi connectivity index (χ4v) is 5.49. The van der Waals surface area contributed by atoms with E-state index in [-0.39, 0.29) is 11.1 Å². The SMILES string of the molecule is Cc1ccc(-c2c(C)sc3nc(Cl)nc(N4CCN(c5ccccc5F)CC4)c23)cc1. The monoisotopic (exact) mass is 452 g/mol. The lowest BCUT2D eigenvalue weighted by Crippen LogP contribution is -2.47. The van der Waals surface area contributed by atoms with Crippen LogP contribution in [-0.4, -0.2) is 36.1 Å². The summed E-state index contributed by atoms with van der Waals surface area (Å²) < 4.78 is 14.2. The number of rotatable bonds is 3. The lowest BCUT2D eigenvalue weighted by molar-refractivity contribution is 0.596. The van der Waals surface area contributed by atoms with Crippen LogP contribution in [-0.2, 0) is 0 Å². The van der Waals surface area contributed by atoms with E-state index in [1.54, 1.807) is 17.4 Å². The van der Waals surface area contributed by atoms with Crippen molar-refractivity contribution in [3.05, 3.63) is 70.1 Å². The lowest BCUT2D eigenvalue weighted by atomic mass is 10.0. The van der Waals surface area contributed by atoms with E-state index in [9.17, 15) is 4.39 Å². The highest BCUT2D eigenvalue weighted by molar-refractivity contribution is 7.19. The number of hydrogen-bond acceptors (Lipinski definition) is 5. The van der Waals surface area contributed by atoms with Crippen molar-refractivity contribution >= 4 is 44.7 Å². The predicted octanol–water partition coefficient (Wildman–Crippen LogP) is 6.09. The summed E-state index contributed by atoms with van der Waals surface area (Å²) in [5, 5.41) is 1.31. The van der Waals surface area contributed by atoms with Crippen LogP contribution >= 0.6 is 22.9 Å². The molecule has 158 valence electrons. The van der Waals surface area contributed by atoms with Gasteiger partial charge in [0.15, 0.2) is 0 Å². The number of benzene rings is 2. The number of piperazine rings is 1. The number of para-hydroxylation sites is 1. The summed E-state index contributed by atoms with van der Waals surface area (Å²) in [4.78, 5) is 15.6. The minimum atomic E-state index is -0.182. The van der Waals surface area contributed by atoms with E-state index in [1.165, 1.54) is 22.1 Å². The van der Waals surface area contributed by atoms with Gasteiger partial charge in [-0.05, 0) is 43.1 Å². The molecule has 0 bridgehead atoms. The van der Waals surface area contributed by atoms with Gasteiger partial charge in [-0.25, -0.2) is 9.37 Å². The quantitative estimate of drug-likeness (QED) is 0.352. The fourth-order valence-electron chi connectivity index (χ4n) is 4.23. The van der Waals surface area contributed by atoms with Crippen LogP contribution in [0.4, 0.5) is 15.9 Å². The zero-order valence-electron chi connectivity index (χ0n) is 17.4. The van der Waals surface area contributed by atoms with E-state index in [0.29, 0.717) is 18.8 Å². The minimum Gasteiger partial charge on any atom is -0.366 e. The van der Waals surface area contributed by atoms with Crippen LogP contribution in [0.5, 0.6) is 0 Å². The standard InChI is InChI=1S/C24H22ClFN4S/c1-15-7-9-17(10-8-15)20-16(2)31-23-21(20)22(27-24(25)28-23)30-13-11-29(12-14-30)19-6-4-3-5-18(19)26/h3-10H,11-14H2,1-2H3. The van der Waals surface area contributed by atoms with Crippen molar-refractivity contribution in [1.82, 2.24) is 9.97 Å². The van der Waals surface area contributed by atoms with Gasteiger partial charge in [0.2, 0.25) is 5.28 Å². The second-order valence-corrected chi connectivity index (χ2v) is 9.36. The molecule has 0 amide bonds. The first-order valence-electron chi connectivity index (χ1n) is 10.3. The molecular formula is C24H22ClFN4S. The molecule has 2 aromatic carbocycles. The minimum absolute atomic E-state index is 0.182. The third kappa shape index (κ3) is 3.75. The van der Waals surface area contributed by atoms with Crippen molar-refractivity contribution in [3.63, 3.8) is 0 Å². The molecule has 4 nitrogen and oxygen atoms in total. The van der Waals surface area contributed by atoms with Gasteiger partial charge in [0.1, 0.15) is 16.5 Å². The van der Waals surface area contributed by atoms with Gasteiger partial charge in [-0.3, -0.25) is 0 Å². The van der Waals surface area contributed by atoms with Gasteiger partial charge in [-0.1, -0.05) is 42.0 Å². The number of thiophene rings is 1. The van der Waals surface area contributed by atoms with Crippen molar-refractivity contribution in [2.75, 3.05) is 36.0 Å². The Kier molecular flexibility index (Phi) is 5.28. The molecule has 31 heavy (non-hydrogen) atoms. The van der Waals surface area contributed by atoms with Crippen LogP contribution in [0.25, 0.3) is 21.3 Å². The Morgan fingerprint density at radius 1 is 0.903 bits per heavy atom. The topological polar surface area (TPSA) is 32.3 Å². The van der Waals surface area contributed by atoms with Crippen LogP contribution < -0.4 is 9.80 Å². The normalized spacial score (nSPS) is 14.5. The van der Waals surface area contributed by atoms with Crippen LogP contribution in [0.15, 0.2) is 48.5 Å². The average Bonchev–Trinajstić information content (AvgIpc) is 3.10. The maximum absolute atomic E-state index is 14.2. The molecule has 7 heteroatoms. The third-order valence-electron chi connectivity index (χ3n) is 5.79. The zero-order chi connectivity index (χ0) is 21.5. The van der Waals surface area contributed by atoms with Gasteiger partial charge in [0.05, 0.1) is 11.1 Å². The largest absolute Gasteiger partial charge is 0.366 e. The van der Waals surface area contributed by atoms with Crippen molar-refractivity contribution in [1.29, 1.82) is 0 Å². The predicted molar refractivity (Wildman–Crippen MR) is 128 cm³/mol. The Hall–Kier alpha value is -2.70. The molecule has 0 saturated carbocycles. The summed E-state index contributed by atoms with van der Waals surface area (Å²) in [6.07, 6.45) is 0. The van der Waals surface area contributed by atoms with Crippen LogP contribution in [0.2, 0.25) is 5.28 Å². The first-order chi connectivity index (χ1) is 15.0. The van der Waals surface area contributed by atoms with Crippen molar-refractivity contribution in [2.24, 2.45) is 0 Å². The summed E-state index contributed by atoms with van der Waals surface area (Å²) >= 11 is 7.96. The lowest BCUT2D eigenvalue weighted by Gasteiger charge is -2.37. The van der Waals surface area contributed by atoms with E-state index in [1.807, 2.05) is 12.1 Å².